The predicted octanol–water partition coefficient (Wildman–Crippen LogP) is 3.95. The Morgan fingerprint density at radius 2 is 1.80 bits per heavy atom. The second-order valence-corrected chi connectivity index (χ2v) is 4.53. The van der Waals surface area contributed by atoms with Gasteiger partial charge in [0.05, 0.1) is 5.56 Å². The number of hydrogen-bond donors (Lipinski definition) is 1. The monoisotopic (exact) mass is 268 g/mol. The van der Waals surface area contributed by atoms with Crippen LogP contribution in [0, 0.1) is 6.92 Å². The number of aryl methyl sites for hydroxylation is 1. The third kappa shape index (κ3) is 2.43. The number of phenols is 1. The molecule has 3 heteroatoms. The van der Waals surface area contributed by atoms with Gasteiger partial charge >= 0.3 is 0 Å². The van der Waals surface area contributed by atoms with Gasteiger partial charge in [-0.05, 0) is 30.7 Å². The molecule has 0 saturated heterocycles. The minimum Gasteiger partial charge on any atom is -0.508 e. The topological polar surface area (TPSA) is 46.5 Å². The molecule has 2 aromatic rings. The highest BCUT2D eigenvalue weighted by molar-refractivity contribution is 6.14. The number of fused-ring (bicyclic) bond motifs is 1. The van der Waals surface area contributed by atoms with Crippen molar-refractivity contribution < 1.29 is 14.6 Å². The number of allylic oxidation sites excluding steroid dienone is 1. The van der Waals surface area contributed by atoms with Crippen LogP contribution in [-0.2, 0) is 0 Å². The Labute approximate surface area is 118 Å². The third-order valence-electron chi connectivity index (χ3n) is 3.03. The summed E-state index contributed by atoms with van der Waals surface area (Å²) < 4.78 is 5.49. The van der Waals surface area contributed by atoms with Crippen LogP contribution in [0.4, 0.5) is 0 Å². The molecule has 1 aliphatic heterocycles. The molecular weight excluding hydrogens is 252 g/mol. The van der Waals surface area contributed by atoms with Gasteiger partial charge in [-0.2, -0.15) is 0 Å². The van der Waals surface area contributed by atoms with Gasteiger partial charge in [0, 0.05) is 6.07 Å². The quantitative estimate of drug-likeness (QED) is 0.796. The first-order chi connectivity index (χ1) is 9.13. The minimum atomic E-state index is -0.157. The van der Waals surface area contributed by atoms with Crippen LogP contribution in [0.15, 0.2) is 48.2 Å². The lowest BCUT2D eigenvalue weighted by molar-refractivity contribution is 0.101. The number of carbonyl (C=O) groups excluding carboxylic acids is 1. The summed E-state index contributed by atoms with van der Waals surface area (Å²) in [6, 6.07) is 12.3. The van der Waals surface area contributed by atoms with Gasteiger partial charge in [0.25, 0.3) is 0 Å². The number of carbonyl (C=O) groups is 1. The molecule has 0 saturated carbocycles. The molecule has 2 aromatic carbocycles. The molecule has 3 rings (SSSR count). The number of ether oxygens (including phenoxy) is 1. The second-order valence-electron chi connectivity index (χ2n) is 4.53. The highest BCUT2D eigenvalue weighted by Gasteiger charge is 2.27. The SMILES string of the molecule is C.Cc1ccc(/C=C2\Oc3cc(O)ccc3C2=O)cc1. The van der Waals surface area contributed by atoms with Crippen LogP contribution in [0.5, 0.6) is 11.5 Å². The fraction of sp³-hybridized carbons (Fsp3) is 0.118. The van der Waals surface area contributed by atoms with E-state index in [1.807, 2.05) is 31.2 Å². The van der Waals surface area contributed by atoms with Gasteiger partial charge in [0.2, 0.25) is 5.78 Å². The van der Waals surface area contributed by atoms with Crippen LogP contribution >= 0.6 is 0 Å². The maximum atomic E-state index is 12.1. The molecule has 1 N–H and O–H groups in total. The van der Waals surface area contributed by atoms with Crippen LogP contribution in [0.25, 0.3) is 6.08 Å². The van der Waals surface area contributed by atoms with Crippen LogP contribution in [0.2, 0.25) is 0 Å². The van der Waals surface area contributed by atoms with Crippen molar-refractivity contribution in [2.75, 3.05) is 0 Å². The van der Waals surface area contributed by atoms with E-state index in [2.05, 4.69) is 0 Å². The normalized spacial score (nSPS) is 14.7. The van der Waals surface area contributed by atoms with Gasteiger partial charge in [-0.15, -0.1) is 0 Å². The van der Waals surface area contributed by atoms with E-state index < -0.39 is 0 Å². The van der Waals surface area contributed by atoms with E-state index in [-0.39, 0.29) is 24.7 Å². The Morgan fingerprint density at radius 1 is 1.10 bits per heavy atom. The van der Waals surface area contributed by atoms with E-state index >= 15 is 0 Å². The summed E-state index contributed by atoms with van der Waals surface area (Å²) in [5.74, 6) is 0.617. The van der Waals surface area contributed by atoms with E-state index in [0.717, 1.165) is 11.1 Å². The van der Waals surface area contributed by atoms with E-state index in [9.17, 15) is 9.90 Å². The number of rotatable bonds is 1. The van der Waals surface area contributed by atoms with Crippen molar-refractivity contribution in [3.05, 3.63) is 64.9 Å². The molecule has 1 aliphatic rings. The zero-order valence-electron chi connectivity index (χ0n) is 10.4. The molecule has 1 heterocycles. The number of Topliss-reactive ketones (excluding diaryl/α,β-unsaturated/α-hetero) is 1. The summed E-state index contributed by atoms with van der Waals surface area (Å²) in [7, 11) is 0. The maximum Gasteiger partial charge on any atom is 0.231 e. The molecule has 0 spiro atoms. The van der Waals surface area contributed by atoms with Gasteiger partial charge in [-0.3, -0.25) is 4.79 Å². The van der Waals surface area contributed by atoms with Crippen LogP contribution in [0.3, 0.4) is 0 Å². The van der Waals surface area contributed by atoms with Crippen LogP contribution < -0.4 is 4.74 Å². The zero-order valence-corrected chi connectivity index (χ0v) is 10.4. The largest absolute Gasteiger partial charge is 0.508 e. The Morgan fingerprint density at radius 3 is 2.50 bits per heavy atom. The van der Waals surface area contributed by atoms with Gasteiger partial charge in [0.1, 0.15) is 11.5 Å². The smallest absolute Gasteiger partial charge is 0.231 e. The highest BCUT2D eigenvalue weighted by atomic mass is 16.5. The molecule has 102 valence electrons. The van der Waals surface area contributed by atoms with Crippen molar-refractivity contribution in [2.24, 2.45) is 0 Å². The Kier molecular flexibility index (Phi) is 3.61. The van der Waals surface area contributed by atoms with Crippen LogP contribution in [-0.4, -0.2) is 10.9 Å². The van der Waals surface area contributed by atoms with E-state index in [1.165, 1.54) is 12.1 Å². The summed E-state index contributed by atoms with van der Waals surface area (Å²) in [4.78, 5) is 12.1. The number of hydrogen-bond acceptors (Lipinski definition) is 3. The van der Waals surface area contributed by atoms with Crippen molar-refractivity contribution in [3.63, 3.8) is 0 Å². The molecule has 0 aromatic heterocycles. The van der Waals surface area contributed by atoms with Gasteiger partial charge in [-0.25, -0.2) is 0 Å². The van der Waals surface area contributed by atoms with Gasteiger partial charge in [-0.1, -0.05) is 37.3 Å². The standard InChI is InChI=1S/C16H12O3.CH4/c1-10-2-4-11(5-3-10)8-15-16(18)13-7-6-12(17)9-14(13)19-15;/h2-9,17H,1H3;1H4/b15-8-;. The Bertz CT molecular complexity index is 682. The summed E-state index contributed by atoms with van der Waals surface area (Å²) >= 11 is 0. The van der Waals surface area contributed by atoms with Crippen molar-refractivity contribution in [1.82, 2.24) is 0 Å². The number of benzene rings is 2. The first kappa shape index (κ1) is 13.9. The van der Waals surface area contributed by atoms with Crippen molar-refractivity contribution in [2.45, 2.75) is 14.4 Å². The van der Waals surface area contributed by atoms with Crippen molar-refractivity contribution in [1.29, 1.82) is 0 Å². The average molecular weight is 268 g/mol. The van der Waals surface area contributed by atoms with Crippen LogP contribution in [0.1, 0.15) is 28.9 Å². The predicted molar refractivity (Wildman–Crippen MR) is 79.0 cm³/mol. The Hall–Kier alpha value is -2.55. The number of phenolic OH excluding ortho intramolecular Hbond substituents is 1. The fourth-order valence-corrected chi connectivity index (χ4v) is 1.99. The van der Waals surface area contributed by atoms with E-state index in [0.29, 0.717) is 11.3 Å². The molecule has 0 bridgehead atoms. The van der Waals surface area contributed by atoms with E-state index in [1.54, 1.807) is 12.1 Å². The maximum absolute atomic E-state index is 12.1. The summed E-state index contributed by atoms with van der Waals surface area (Å²) in [6.07, 6.45) is 1.71. The second kappa shape index (κ2) is 5.21. The molecule has 20 heavy (non-hydrogen) atoms. The molecule has 0 radical (unpaired) electrons. The molecule has 0 aliphatic carbocycles. The number of ketones is 1. The van der Waals surface area contributed by atoms with Crippen molar-refractivity contribution in [3.8, 4) is 11.5 Å². The number of aromatic hydroxyl groups is 1. The molecule has 0 amide bonds. The first-order valence-corrected chi connectivity index (χ1v) is 5.97. The molecule has 0 unspecified atom stereocenters. The van der Waals surface area contributed by atoms with Crippen molar-refractivity contribution >= 4 is 11.9 Å². The van der Waals surface area contributed by atoms with Gasteiger partial charge < -0.3 is 9.84 Å². The fourth-order valence-electron chi connectivity index (χ4n) is 1.99. The minimum absolute atomic E-state index is 0. The lowest BCUT2D eigenvalue weighted by Gasteiger charge is -1.99. The first-order valence-electron chi connectivity index (χ1n) is 5.97. The summed E-state index contributed by atoms with van der Waals surface area (Å²) in [5.41, 5.74) is 2.55. The Balaban J connectivity index is 0.00000147. The molecule has 0 atom stereocenters. The van der Waals surface area contributed by atoms with Gasteiger partial charge in [0.15, 0.2) is 5.76 Å². The summed E-state index contributed by atoms with van der Waals surface area (Å²) in [6.45, 7) is 2.01. The molecule has 0 fully saturated rings. The van der Waals surface area contributed by atoms with E-state index in [4.69, 9.17) is 4.74 Å². The third-order valence-corrected chi connectivity index (χ3v) is 3.03. The lowest BCUT2D eigenvalue weighted by atomic mass is 10.1. The summed E-state index contributed by atoms with van der Waals surface area (Å²) in [5, 5.41) is 9.38. The zero-order chi connectivity index (χ0) is 13.4. The lowest BCUT2D eigenvalue weighted by Crippen LogP contribution is -1.97. The molecule has 3 nitrogen and oxygen atoms in total. The average Bonchev–Trinajstić information content (AvgIpc) is 2.68. The molecular formula is C17H16O3. The highest BCUT2D eigenvalue weighted by Crippen LogP contribution is 2.34.